The normalized spacial score (nSPS) is 16.7. The van der Waals surface area contributed by atoms with E-state index in [2.05, 4.69) is 0 Å². The number of piperidine rings is 1. The summed E-state index contributed by atoms with van der Waals surface area (Å²) in [6.07, 6.45) is 1.09. The second-order valence-corrected chi connectivity index (χ2v) is 7.26. The van der Waals surface area contributed by atoms with Crippen LogP contribution >= 0.6 is 0 Å². The molecule has 1 aliphatic rings. The van der Waals surface area contributed by atoms with Crippen molar-refractivity contribution >= 4 is 15.9 Å². The Morgan fingerprint density at radius 1 is 1.24 bits per heavy atom. The minimum atomic E-state index is -3.24. The van der Waals surface area contributed by atoms with Crippen LogP contribution in [0.15, 0.2) is 35.2 Å². The van der Waals surface area contributed by atoms with Crippen molar-refractivity contribution in [1.82, 2.24) is 4.90 Å². The molecule has 21 heavy (non-hydrogen) atoms. The second kappa shape index (κ2) is 6.93. The highest BCUT2D eigenvalue weighted by atomic mass is 32.2. The Labute approximate surface area is 125 Å². The maximum Gasteiger partial charge on any atom is 0.409 e. The van der Waals surface area contributed by atoms with Gasteiger partial charge in [0.05, 0.1) is 17.3 Å². The van der Waals surface area contributed by atoms with Crippen molar-refractivity contribution in [2.45, 2.75) is 24.7 Å². The molecule has 2 rings (SSSR count). The van der Waals surface area contributed by atoms with E-state index in [1.165, 1.54) is 0 Å². The van der Waals surface area contributed by atoms with Crippen molar-refractivity contribution in [1.29, 1.82) is 0 Å². The summed E-state index contributed by atoms with van der Waals surface area (Å²) in [5, 5.41) is 0. The quantitative estimate of drug-likeness (QED) is 0.856. The summed E-state index contributed by atoms with van der Waals surface area (Å²) >= 11 is 0. The Bertz CT molecular complexity index is 563. The fourth-order valence-corrected chi connectivity index (χ4v) is 4.25. The van der Waals surface area contributed by atoms with Crippen LogP contribution < -0.4 is 0 Å². The number of carbonyl (C=O) groups excluding carboxylic acids is 1. The van der Waals surface area contributed by atoms with E-state index >= 15 is 0 Å². The molecule has 0 unspecified atom stereocenters. The van der Waals surface area contributed by atoms with Crippen molar-refractivity contribution in [2.75, 3.05) is 25.4 Å². The molecule has 5 nitrogen and oxygen atoms in total. The Morgan fingerprint density at radius 3 is 2.43 bits per heavy atom. The van der Waals surface area contributed by atoms with Crippen LogP contribution in [0.5, 0.6) is 0 Å². The summed E-state index contributed by atoms with van der Waals surface area (Å²) in [6.45, 7) is 3.26. The maximum absolute atomic E-state index is 12.3. The molecule has 1 fully saturated rings. The molecule has 1 amide bonds. The molecule has 1 saturated heterocycles. The SMILES string of the molecule is CCOC(=O)N1CCC(CS(=O)(=O)c2ccccc2)CC1. The molecule has 1 aromatic rings. The van der Waals surface area contributed by atoms with Gasteiger partial charge in [0.25, 0.3) is 0 Å². The van der Waals surface area contributed by atoms with Crippen molar-refractivity contribution < 1.29 is 17.9 Å². The predicted octanol–water partition coefficient (Wildman–Crippen LogP) is 2.33. The molecule has 1 aromatic carbocycles. The van der Waals surface area contributed by atoms with E-state index in [0.717, 1.165) is 0 Å². The van der Waals surface area contributed by atoms with Crippen molar-refractivity contribution in [3.05, 3.63) is 30.3 Å². The third kappa shape index (κ3) is 4.20. The number of carbonyl (C=O) groups is 1. The highest BCUT2D eigenvalue weighted by molar-refractivity contribution is 7.91. The highest BCUT2D eigenvalue weighted by Crippen LogP contribution is 2.22. The van der Waals surface area contributed by atoms with E-state index < -0.39 is 9.84 Å². The van der Waals surface area contributed by atoms with Gasteiger partial charge in [-0.1, -0.05) is 18.2 Å². The molecule has 116 valence electrons. The number of benzene rings is 1. The Hall–Kier alpha value is -1.56. The van der Waals surface area contributed by atoms with E-state index in [0.29, 0.717) is 37.4 Å². The molecule has 6 heteroatoms. The lowest BCUT2D eigenvalue weighted by molar-refractivity contribution is 0.0936. The number of amides is 1. The number of nitrogens with zero attached hydrogens (tertiary/aromatic N) is 1. The van der Waals surface area contributed by atoms with Crippen LogP contribution in [0.25, 0.3) is 0 Å². The van der Waals surface area contributed by atoms with Gasteiger partial charge < -0.3 is 9.64 Å². The van der Waals surface area contributed by atoms with Gasteiger partial charge in [-0.2, -0.15) is 0 Å². The number of likely N-dealkylation sites (tertiary alicyclic amines) is 1. The van der Waals surface area contributed by atoms with Crippen LogP contribution in [0.4, 0.5) is 4.79 Å². The fourth-order valence-electron chi connectivity index (χ4n) is 2.53. The molecule has 1 aliphatic heterocycles. The smallest absolute Gasteiger partial charge is 0.409 e. The van der Waals surface area contributed by atoms with Crippen LogP contribution in [0.2, 0.25) is 0 Å². The zero-order chi connectivity index (χ0) is 15.3. The summed E-state index contributed by atoms with van der Waals surface area (Å²) in [7, 11) is -3.24. The number of ether oxygens (including phenoxy) is 1. The van der Waals surface area contributed by atoms with Crippen molar-refractivity contribution in [2.24, 2.45) is 5.92 Å². The zero-order valence-electron chi connectivity index (χ0n) is 12.2. The fraction of sp³-hybridized carbons (Fsp3) is 0.533. The molecule has 0 bridgehead atoms. The van der Waals surface area contributed by atoms with Gasteiger partial charge in [-0.15, -0.1) is 0 Å². The number of sulfone groups is 1. The van der Waals surface area contributed by atoms with E-state index in [4.69, 9.17) is 4.74 Å². The molecule has 0 spiro atoms. The molecular weight excluding hydrogens is 290 g/mol. The second-order valence-electron chi connectivity index (χ2n) is 5.22. The third-order valence-corrected chi connectivity index (χ3v) is 5.60. The van der Waals surface area contributed by atoms with Crippen LogP contribution in [-0.4, -0.2) is 44.9 Å². The molecule has 1 heterocycles. The molecule has 0 N–H and O–H groups in total. The summed E-state index contributed by atoms with van der Waals surface area (Å²) in [5.41, 5.74) is 0. The summed E-state index contributed by atoms with van der Waals surface area (Å²) in [5.74, 6) is 0.245. The lowest BCUT2D eigenvalue weighted by Gasteiger charge is -2.31. The molecule has 0 aliphatic carbocycles. The van der Waals surface area contributed by atoms with Crippen LogP contribution in [0.1, 0.15) is 19.8 Å². The molecule has 0 atom stereocenters. The topological polar surface area (TPSA) is 63.7 Å². The number of rotatable bonds is 4. The number of hydrogen-bond acceptors (Lipinski definition) is 4. The first-order valence-corrected chi connectivity index (χ1v) is 8.87. The Kier molecular flexibility index (Phi) is 5.22. The van der Waals surface area contributed by atoms with Crippen molar-refractivity contribution in [3.8, 4) is 0 Å². The predicted molar refractivity (Wildman–Crippen MR) is 79.8 cm³/mol. The van der Waals surface area contributed by atoms with Gasteiger partial charge in [0.15, 0.2) is 9.84 Å². The van der Waals surface area contributed by atoms with Gasteiger partial charge in [-0.25, -0.2) is 13.2 Å². The molecule has 0 radical (unpaired) electrons. The monoisotopic (exact) mass is 311 g/mol. The highest BCUT2D eigenvalue weighted by Gasteiger charge is 2.27. The standard InChI is InChI=1S/C15H21NO4S/c1-2-20-15(17)16-10-8-13(9-11-16)12-21(18,19)14-6-4-3-5-7-14/h3-7,13H,2,8-12H2,1H3. The van der Waals surface area contributed by atoms with E-state index in [1.807, 2.05) is 0 Å². The Balaban J connectivity index is 1.90. The number of hydrogen-bond donors (Lipinski definition) is 0. The average molecular weight is 311 g/mol. The lowest BCUT2D eigenvalue weighted by Crippen LogP contribution is -2.40. The average Bonchev–Trinajstić information content (AvgIpc) is 2.49. The van der Waals surface area contributed by atoms with Gasteiger partial charge in [-0.3, -0.25) is 0 Å². The van der Waals surface area contributed by atoms with Gasteiger partial charge in [0.1, 0.15) is 0 Å². The zero-order valence-corrected chi connectivity index (χ0v) is 13.0. The first-order valence-electron chi connectivity index (χ1n) is 7.22. The molecular formula is C15H21NO4S. The van der Waals surface area contributed by atoms with E-state index in [9.17, 15) is 13.2 Å². The summed E-state index contributed by atoms with van der Waals surface area (Å²) in [4.78, 5) is 13.6. The third-order valence-electron chi connectivity index (χ3n) is 3.70. The van der Waals surface area contributed by atoms with Gasteiger partial charge in [0.2, 0.25) is 0 Å². The minimum Gasteiger partial charge on any atom is -0.450 e. The molecule has 0 saturated carbocycles. The van der Waals surface area contributed by atoms with Crippen LogP contribution in [0, 0.1) is 5.92 Å². The summed E-state index contributed by atoms with van der Waals surface area (Å²) in [6, 6.07) is 8.52. The van der Waals surface area contributed by atoms with Gasteiger partial charge >= 0.3 is 6.09 Å². The van der Waals surface area contributed by atoms with Gasteiger partial charge in [-0.05, 0) is 37.8 Å². The largest absolute Gasteiger partial charge is 0.450 e. The van der Waals surface area contributed by atoms with Crippen molar-refractivity contribution in [3.63, 3.8) is 0 Å². The van der Waals surface area contributed by atoms with Gasteiger partial charge in [0, 0.05) is 13.1 Å². The Morgan fingerprint density at radius 2 is 1.86 bits per heavy atom. The van der Waals surface area contributed by atoms with Crippen LogP contribution in [0.3, 0.4) is 0 Å². The first kappa shape index (κ1) is 15.8. The minimum absolute atomic E-state index is 0.0980. The lowest BCUT2D eigenvalue weighted by atomic mass is 9.99. The van der Waals surface area contributed by atoms with Crippen LogP contribution in [-0.2, 0) is 14.6 Å². The molecule has 0 aromatic heterocycles. The van der Waals surface area contributed by atoms with E-state index in [1.54, 1.807) is 42.2 Å². The maximum atomic E-state index is 12.3. The summed E-state index contributed by atoms with van der Waals surface area (Å²) < 4.78 is 29.6. The first-order chi connectivity index (χ1) is 10.0. The van der Waals surface area contributed by atoms with E-state index in [-0.39, 0.29) is 17.8 Å².